The first-order valence-electron chi connectivity index (χ1n) is 8.38. The highest BCUT2D eigenvalue weighted by Crippen LogP contribution is 2.28. The van der Waals surface area contributed by atoms with Crippen LogP contribution >= 0.6 is 0 Å². The van der Waals surface area contributed by atoms with E-state index in [4.69, 9.17) is 9.97 Å². The van der Waals surface area contributed by atoms with Crippen LogP contribution in [-0.2, 0) is 6.42 Å². The largest absolute Gasteiger partial charge is 0.323 e. The molecule has 0 saturated heterocycles. The highest BCUT2D eigenvalue weighted by Gasteiger charge is 2.12. The monoisotopic (exact) mass is 329 g/mol. The minimum Gasteiger partial charge on any atom is -0.323 e. The van der Waals surface area contributed by atoms with Gasteiger partial charge in [-0.15, -0.1) is 0 Å². The Morgan fingerprint density at radius 3 is 2.60 bits per heavy atom. The van der Waals surface area contributed by atoms with Crippen molar-refractivity contribution in [3.05, 3.63) is 65.9 Å². The zero-order valence-corrected chi connectivity index (χ0v) is 14.2. The van der Waals surface area contributed by atoms with Crippen molar-refractivity contribution >= 4 is 22.5 Å². The van der Waals surface area contributed by atoms with Crippen molar-refractivity contribution in [2.24, 2.45) is 0 Å². The van der Waals surface area contributed by atoms with E-state index in [1.54, 1.807) is 0 Å². The molecule has 0 saturated carbocycles. The third-order valence-corrected chi connectivity index (χ3v) is 4.19. The smallest absolute Gasteiger partial charge is 0.162 e. The van der Waals surface area contributed by atoms with Crippen LogP contribution in [0.4, 0.5) is 11.6 Å². The van der Waals surface area contributed by atoms with E-state index in [-0.39, 0.29) is 0 Å². The zero-order chi connectivity index (χ0) is 17.2. The van der Waals surface area contributed by atoms with Gasteiger partial charge in [0.2, 0.25) is 0 Å². The van der Waals surface area contributed by atoms with Crippen LogP contribution in [0.5, 0.6) is 0 Å². The molecule has 5 heteroatoms. The molecule has 4 aromatic rings. The number of fused-ring (bicyclic) bond motifs is 1. The molecule has 2 aromatic carbocycles. The van der Waals surface area contributed by atoms with Gasteiger partial charge in [-0.05, 0) is 31.0 Å². The number of para-hydroxylation sites is 1. The van der Waals surface area contributed by atoms with E-state index in [9.17, 15) is 0 Å². The number of nitrogens with zero attached hydrogens (tertiary/aromatic N) is 3. The van der Waals surface area contributed by atoms with Crippen LogP contribution in [0.3, 0.4) is 0 Å². The molecular weight excluding hydrogens is 310 g/mol. The van der Waals surface area contributed by atoms with Crippen molar-refractivity contribution in [2.75, 3.05) is 5.32 Å². The minimum atomic E-state index is 0.728. The van der Waals surface area contributed by atoms with E-state index in [0.29, 0.717) is 0 Å². The number of aryl methyl sites for hydroxylation is 2. The van der Waals surface area contributed by atoms with E-state index < -0.39 is 0 Å². The number of aromatic amines is 1. The second kappa shape index (κ2) is 6.36. The van der Waals surface area contributed by atoms with Gasteiger partial charge in [0.15, 0.2) is 11.6 Å². The Balaban J connectivity index is 1.89. The number of hydrogen-bond acceptors (Lipinski definition) is 4. The van der Waals surface area contributed by atoms with Crippen LogP contribution < -0.4 is 5.32 Å². The van der Waals surface area contributed by atoms with Crippen LogP contribution in [0.15, 0.2) is 54.6 Å². The van der Waals surface area contributed by atoms with E-state index in [2.05, 4.69) is 40.6 Å². The lowest BCUT2D eigenvalue weighted by atomic mass is 10.0. The van der Waals surface area contributed by atoms with Gasteiger partial charge in [-0.1, -0.05) is 43.3 Å². The highest BCUT2D eigenvalue weighted by atomic mass is 15.2. The summed E-state index contributed by atoms with van der Waals surface area (Å²) in [6.07, 6.45) is 0.938. The lowest BCUT2D eigenvalue weighted by Gasteiger charge is -2.11. The summed E-state index contributed by atoms with van der Waals surface area (Å²) in [5, 5.41) is 11.5. The molecular formula is C20H19N5. The first-order chi connectivity index (χ1) is 12.2. The summed E-state index contributed by atoms with van der Waals surface area (Å²) >= 11 is 0. The van der Waals surface area contributed by atoms with Crippen molar-refractivity contribution in [1.29, 1.82) is 0 Å². The lowest BCUT2D eigenvalue weighted by molar-refractivity contribution is 1.05. The summed E-state index contributed by atoms with van der Waals surface area (Å²) in [5.74, 6) is 2.24. The highest BCUT2D eigenvalue weighted by molar-refractivity contribution is 5.92. The Bertz CT molecular complexity index is 1040. The molecule has 0 fully saturated rings. The molecule has 0 aliphatic heterocycles. The Morgan fingerprint density at radius 1 is 1.00 bits per heavy atom. The summed E-state index contributed by atoms with van der Waals surface area (Å²) in [7, 11) is 0. The predicted octanol–water partition coefficient (Wildman–Crippen LogP) is 4.63. The van der Waals surface area contributed by atoms with Gasteiger partial charge < -0.3 is 5.32 Å². The SMILES string of the molecule is CCc1ccccc1-c1nc(Nc2cc(C)[nH]n2)c2ccccc2n1. The molecule has 4 rings (SSSR count). The second-order valence-corrected chi connectivity index (χ2v) is 5.98. The van der Waals surface area contributed by atoms with Crippen LogP contribution in [0, 0.1) is 6.92 Å². The quantitative estimate of drug-likeness (QED) is 0.572. The van der Waals surface area contributed by atoms with E-state index in [1.165, 1.54) is 5.56 Å². The maximum atomic E-state index is 4.81. The summed E-state index contributed by atoms with van der Waals surface area (Å²) in [5.41, 5.74) is 4.21. The number of aromatic nitrogens is 4. The van der Waals surface area contributed by atoms with Crippen molar-refractivity contribution in [3.63, 3.8) is 0 Å². The summed E-state index contributed by atoms with van der Waals surface area (Å²) in [4.78, 5) is 9.59. The Hall–Kier alpha value is -3.21. The summed E-state index contributed by atoms with van der Waals surface area (Å²) < 4.78 is 0. The first kappa shape index (κ1) is 15.3. The second-order valence-electron chi connectivity index (χ2n) is 5.98. The fourth-order valence-corrected chi connectivity index (χ4v) is 2.94. The fraction of sp³-hybridized carbons (Fsp3) is 0.150. The molecule has 5 nitrogen and oxygen atoms in total. The molecule has 0 amide bonds. The standard InChI is InChI=1S/C20H19N5/c1-3-14-8-4-5-9-15(14)19-21-17-11-7-6-10-16(17)20(23-19)22-18-12-13(2)24-25-18/h4-12H,3H2,1-2H3,(H2,21,22,23,24,25). The van der Waals surface area contributed by atoms with Crippen LogP contribution in [0.25, 0.3) is 22.3 Å². The van der Waals surface area contributed by atoms with Crippen LogP contribution in [0.2, 0.25) is 0 Å². The molecule has 0 aliphatic carbocycles. The van der Waals surface area contributed by atoms with Gasteiger partial charge in [0.25, 0.3) is 0 Å². The minimum absolute atomic E-state index is 0.728. The predicted molar refractivity (Wildman–Crippen MR) is 101 cm³/mol. The van der Waals surface area contributed by atoms with Gasteiger partial charge in [-0.25, -0.2) is 9.97 Å². The molecule has 0 aliphatic rings. The number of H-pyrrole nitrogens is 1. The maximum absolute atomic E-state index is 4.81. The maximum Gasteiger partial charge on any atom is 0.162 e. The van der Waals surface area contributed by atoms with Gasteiger partial charge in [0.1, 0.15) is 5.82 Å². The fourth-order valence-electron chi connectivity index (χ4n) is 2.94. The number of anilines is 2. The zero-order valence-electron chi connectivity index (χ0n) is 14.2. The molecule has 2 N–H and O–H groups in total. The Kier molecular flexibility index (Phi) is 3.90. The van der Waals surface area contributed by atoms with Crippen LogP contribution in [-0.4, -0.2) is 20.2 Å². The van der Waals surface area contributed by atoms with Gasteiger partial charge >= 0.3 is 0 Å². The molecule has 0 radical (unpaired) electrons. The average molecular weight is 329 g/mol. The Labute approximate surface area is 146 Å². The third-order valence-electron chi connectivity index (χ3n) is 4.19. The van der Waals surface area contributed by atoms with Gasteiger partial charge in [0.05, 0.1) is 5.52 Å². The van der Waals surface area contributed by atoms with E-state index in [0.717, 1.165) is 46.0 Å². The van der Waals surface area contributed by atoms with Crippen molar-refractivity contribution in [3.8, 4) is 11.4 Å². The summed E-state index contributed by atoms with van der Waals surface area (Å²) in [6, 6.07) is 18.2. The number of hydrogen-bond donors (Lipinski definition) is 2. The number of rotatable bonds is 4. The molecule has 0 spiro atoms. The van der Waals surface area contributed by atoms with E-state index in [1.807, 2.05) is 43.3 Å². The summed E-state index contributed by atoms with van der Waals surface area (Å²) in [6.45, 7) is 4.12. The molecule has 2 aromatic heterocycles. The van der Waals surface area contributed by atoms with Crippen molar-refractivity contribution in [2.45, 2.75) is 20.3 Å². The molecule has 0 unspecified atom stereocenters. The molecule has 0 atom stereocenters. The van der Waals surface area contributed by atoms with Crippen LogP contribution in [0.1, 0.15) is 18.2 Å². The van der Waals surface area contributed by atoms with Gasteiger partial charge in [0, 0.05) is 22.7 Å². The molecule has 124 valence electrons. The number of nitrogens with one attached hydrogen (secondary N) is 2. The first-order valence-corrected chi connectivity index (χ1v) is 8.38. The van der Waals surface area contributed by atoms with Crippen molar-refractivity contribution in [1.82, 2.24) is 20.2 Å². The number of benzene rings is 2. The average Bonchev–Trinajstić information content (AvgIpc) is 3.06. The Morgan fingerprint density at radius 2 is 1.80 bits per heavy atom. The molecule has 0 bridgehead atoms. The normalized spacial score (nSPS) is 11.0. The third kappa shape index (κ3) is 2.96. The lowest BCUT2D eigenvalue weighted by Crippen LogP contribution is -2.01. The van der Waals surface area contributed by atoms with E-state index >= 15 is 0 Å². The van der Waals surface area contributed by atoms with Gasteiger partial charge in [-0.2, -0.15) is 5.10 Å². The van der Waals surface area contributed by atoms with Crippen molar-refractivity contribution < 1.29 is 0 Å². The van der Waals surface area contributed by atoms with Gasteiger partial charge in [-0.3, -0.25) is 5.10 Å². The molecule has 25 heavy (non-hydrogen) atoms. The topological polar surface area (TPSA) is 66.5 Å². The molecule has 2 heterocycles.